The lowest BCUT2D eigenvalue weighted by atomic mass is 9.82. The maximum atomic E-state index is 13.0. The van der Waals surface area contributed by atoms with Crippen molar-refractivity contribution in [2.75, 3.05) is 11.1 Å². The van der Waals surface area contributed by atoms with Gasteiger partial charge in [-0.25, -0.2) is 0 Å². The summed E-state index contributed by atoms with van der Waals surface area (Å²) in [6.45, 7) is 0. The van der Waals surface area contributed by atoms with Crippen LogP contribution >= 0.6 is 11.6 Å². The standard InChI is InChI=1S/C20H13ClN2O2/c21-11-7-9-12(10-8-11)23-16-6-2-4-14-18(16)20(25)13-3-1-5-15(22)17(13)19(14)24/h1-10,23H,22H2. The van der Waals surface area contributed by atoms with Crippen LogP contribution in [0.4, 0.5) is 17.1 Å². The van der Waals surface area contributed by atoms with Gasteiger partial charge in [0.25, 0.3) is 0 Å². The van der Waals surface area contributed by atoms with Crippen LogP contribution in [0.5, 0.6) is 0 Å². The number of fused-ring (bicyclic) bond motifs is 2. The Kier molecular flexibility index (Phi) is 3.55. The van der Waals surface area contributed by atoms with Gasteiger partial charge in [-0.05, 0) is 36.4 Å². The normalized spacial score (nSPS) is 12.5. The molecule has 0 bridgehead atoms. The van der Waals surface area contributed by atoms with Crippen molar-refractivity contribution in [2.24, 2.45) is 0 Å². The molecule has 3 N–H and O–H groups in total. The molecule has 0 fully saturated rings. The van der Waals surface area contributed by atoms with E-state index in [0.29, 0.717) is 33.1 Å². The Bertz CT molecular complexity index is 1030. The Labute approximate surface area is 149 Å². The number of ketones is 2. The number of nitrogens with one attached hydrogen (secondary N) is 1. The van der Waals surface area contributed by atoms with Crippen molar-refractivity contribution >= 4 is 40.2 Å². The molecule has 0 atom stereocenters. The van der Waals surface area contributed by atoms with E-state index in [2.05, 4.69) is 5.32 Å². The number of hydrogen-bond acceptors (Lipinski definition) is 4. The molecule has 0 radical (unpaired) electrons. The highest BCUT2D eigenvalue weighted by atomic mass is 35.5. The van der Waals surface area contributed by atoms with Crippen LogP contribution in [0.1, 0.15) is 31.8 Å². The maximum absolute atomic E-state index is 13.0. The number of carbonyl (C=O) groups excluding carboxylic acids is 2. The second-order valence-electron chi connectivity index (χ2n) is 5.79. The molecule has 3 aromatic rings. The van der Waals surface area contributed by atoms with Crippen molar-refractivity contribution < 1.29 is 9.59 Å². The molecule has 4 rings (SSSR count). The molecule has 0 saturated carbocycles. The van der Waals surface area contributed by atoms with Gasteiger partial charge in [-0.3, -0.25) is 9.59 Å². The zero-order valence-corrected chi connectivity index (χ0v) is 13.8. The van der Waals surface area contributed by atoms with Crippen LogP contribution in [0.3, 0.4) is 0 Å². The van der Waals surface area contributed by atoms with Gasteiger partial charge in [0.2, 0.25) is 0 Å². The predicted molar refractivity (Wildman–Crippen MR) is 98.9 cm³/mol. The van der Waals surface area contributed by atoms with Gasteiger partial charge in [-0.1, -0.05) is 35.9 Å². The predicted octanol–water partition coefficient (Wildman–Crippen LogP) is 4.44. The van der Waals surface area contributed by atoms with Gasteiger partial charge >= 0.3 is 0 Å². The van der Waals surface area contributed by atoms with E-state index in [1.165, 1.54) is 0 Å². The summed E-state index contributed by atoms with van der Waals surface area (Å²) in [5.74, 6) is -0.448. The lowest BCUT2D eigenvalue weighted by molar-refractivity contribution is 0.0980. The monoisotopic (exact) mass is 348 g/mol. The van der Waals surface area contributed by atoms with E-state index < -0.39 is 0 Å². The molecule has 1 aliphatic carbocycles. The van der Waals surface area contributed by atoms with Crippen LogP contribution in [0, 0.1) is 0 Å². The Morgan fingerprint density at radius 1 is 0.760 bits per heavy atom. The Morgan fingerprint density at radius 3 is 2.08 bits per heavy atom. The zero-order chi connectivity index (χ0) is 17.6. The van der Waals surface area contributed by atoms with Crippen LogP contribution in [0.2, 0.25) is 5.02 Å². The molecule has 0 amide bonds. The number of nitrogens with two attached hydrogens (primary N) is 1. The number of carbonyl (C=O) groups is 2. The highest BCUT2D eigenvalue weighted by Crippen LogP contribution is 2.35. The number of halogens is 1. The van der Waals surface area contributed by atoms with E-state index >= 15 is 0 Å². The minimum Gasteiger partial charge on any atom is -0.398 e. The largest absolute Gasteiger partial charge is 0.398 e. The third-order valence-electron chi connectivity index (χ3n) is 4.23. The topological polar surface area (TPSA) is 72.2 Å². The van der Waals surface area contributed by atoms with Gasteiger partial charge in [0.15, 0.2) is 11.6 Å². The SMILES string of the molecule is Nc1cccc2c1C(=O)c1cccc(Nc3ccc(Cl)cc3)c1C2=O. The van der Waals surface area contributed by atoms with Gasteiger partial charge in [0.05, 0.1) is 16.8 Å². The first-order valence-corrected chi connectivity index (χ1v) is 8.07. The molecule has 0 aliphatic heterocycles. The zero-order valence-electron chi connectivity index (χ0n) is 13.0. The van der Waals surface area contributed by atoms with Crippen LogP contribution in [0.15, 0.2) is 60.7 Å². The highest BCUT2D eigenvalue weighted by Gasteiger charge is 2.32. The third kappa shape index (κ3) is 2.47. The van der Waals surface area contributed by atoms with Crippen molar-refractivity contribution in [3.05, 3.63) is 87.9 Å². The Hall–Kier alpha value is -3.11. The molecule has 25 heavy (non-hydrogen) atoms. The fourth-order valence-corrected chi connectivity index (χ4v) is 3.19. The first-order valence-electron chi connectivity index (χ1n) is 7.70. The number of rotatable bonds is 2. The van der Waals surface area contributed by atoms with E-state index in [0.717, 1.165) is 5.69 Å². The summed E-state index contributed by atoms with van der Waals surface area (Å²) in [7, 11) is 0. The molecule has 3 aromatic carbocycles. The van der Waals surface area contributed by atoms with Gasteiger partial charge in [-0.15, -0.1) is 0 Å². The van der Waals surface area contributed by atoms with Crippen LogP contribution in [-0.2, 0) is 0 Å². The molecule has 0 heterocycles. The Balaban J connectivity index is 1.85. The molecule has 5 heteroatoms. The number of hydrogen-bond donors (Lipinski definition) is 2. The van der Waals surface area contributed by atoms with Gasteiger partial charge in [-0.2, -0.15) is 0 Å². The molecular formula is C20H13ClN2O2. The van der Waals surface area contributed by atoms with Gasteiger partial charge in [0, 0.05) is 27.5 Å². The quantitative estimate of drug-likeness (QED) is 0.525. The fraction of sp³-hybridized carbons (Fsp3) is 0. The molecule has 0 unspecified atom stereocenters. The maximum Gasteiger partial charge on any atom is 0.196 e. The molecule has 122 valence electrons. The number of benzene rings is 3. The molecule has 0 spiro atoms. The van der Waals surface area contributed by atoms with Gasteiger partial charge < -0.3 is 11.1 Å². The molecule has 0 aromatic heterocycles. The summed E-state index contributed by atoms with van der Waals surface area (Å²) < 4.78 is 0. The van der Waals surface area contributed by atoms with E-state index in [1.807, 2.05) is 12.1 Å². The average molecular weight is 349 g/mol. The number of anilines is 3. The lowest BCUT2D eigenvalue weighted by Crippen LogP contribution is -2.23. The second-order valence-corrected chi connectivity index (χ2v) is 6.22. The molecule has 0 saturated heterocycles. The summed E-state index contributed by atoms with van der Waals surface area (Å²) in [6.07, 6.45) is 0. The summed E-state index contributed by atoms with van der Waals surface area (Å²) in [5.41, 5.74) is 8.93. The van der Waals surface area contributed by atoms with E-state index in [1.54, 1.807) is 48.5 Å². The summed E-state index contributed by atoms with van der Waals surface area (Å²) in [5, 5.41) is 3.81. The van der Waals surface area contributed by atoms with Crippen molar-refractivity contribution in [1.82, 2.24) is 0 Å². The third-order valence-corrected chi connectivity index (χ3v) is 4.48. The van der Waals surface area contributed by atoms with Crippen LogP contribution in [0.25, 0.3) is 0 Å². The number of nitrogen functional groups attached to an aromatic ring is 1. The summed E-state index contributed by atoms with van der Waals surface area (Å²) >= 11 is 5.90. The molecule has 4 nitrogen and oxygen atoms in total. The smallest absolute Gasteiger partial charge is 0.196 e. The van der Waals surface area contributed by atoms with E-state index in [-0.39, 0.29) is 17.1 Å². The first-order chi connectivity index (χ1) is 12.1. The van der Waals surface area contributed by atoms with Crippen molar-refractivity contribution in [3.63, 3.8) is 0 Å². The first kappa shape index (κ1) is 15.4. The highest BCUT2D eigenvalue weighted by molar-refractivity contribution is 6.32. The van der Waals surface area contributed by atoms with E-state index in [4.69, 9.17) is 17.3 Å². The minimum atomic E-state index is -0.234. The summed E-state index contributed by atoms with van der Waals surface area (Å²) in [6, 6.07) is 17.2. The van der Waals surface area contributed by atoms with Crippen molar-refractivity contribution in [3.8, 4) is 0 Å². The van der Waals surface area contributed by atoms with Gasteiger partial charge in [0.1, 0.15) is 0 Å². The fourth-order valence-electron chi connectivity index (χ4n) is 3.06. The summed E-state index contributed by atoms with van der Waals surface area (Å²) in [4.78, 5) is 25.8. The second kappa shape index (κ2) is 5.76. The minimum absolute atomic E-state index is 0.214. The molecular weight excluding hydrogens is 336 g/mol. The van der Waals surface area contributed by atoms with Crippen molar-refractivity contribution in [1.29, 1.82) is 0 Å². The van der Waals surface area contributed by atoms with Crippen LogP contribution in [-0.4, -0.2) is 11.6 Å². The van der Waals surface area contributed by atoms with Crippen molar-refractivity contribution in [2.45, 2.75) is 0 Å². The lowest BCUT2D eigenvalue weighted by Gasteiger charge is -2.21. The average Bonchev–Trinajstić information content (AvgIpc) is 2.61. The molecule has 1 aliphatic rings. The Morgan fingerprint density at radius 2 is 1.36 bits per heavy atom. The van der Waals surface area contributed by atoms with Crippen LogP contribution < -0.4 is 11.1 Å². The van der Waals surface area contributed by atoms with E-state index in [9.17, 15) is 9.59 Å².